The van der Waals surface area contributed by atoms with E-state index in [1.165, 1.54) is 0 Å². The van der Waals surface area contributed by atoms with Gasteiger partial charge in [0, 0.05) is 0 Å². The molecule has 2 aliphatic carbocycles. The molecule has 4 atom stereocenters. The lowest BCUT2D eigenvalue weighted by molar-refractivity contribution is -0.174. The molecule has 1 heterocycles. The number of imide groups is 1. The first kappa shape index (κ1) is 7.50. The van der Waals surface area contributed by atoms with Crippen molar-refractivity contribution in [2.75, 3.05) is 0 Å². The van der Waals surface area contributed by atoms with E-state index < -0.39 is 0 Å². The van der Waals surface area contributed by atoms with E-state index in [0.29, 0.717) is 16.9 Å². The summed E-state index contributed by atoms with van der Waals surface area (Å²) in [4.78, 5) is 22.9. The Hall–Kier alpha value is -0.900. The Morgan fingerprint density at radius 3 is 2.00 bits per heavy atom. The molecule has 4 nitrogen and oxygen atoms in total. The minimum Gasteiger partial charge on any atom is -0.278 e. The number of carbonyl (C=O) groups is 2. The molecule has 0 radical (unpaired) electrons. The largest absolute Gasteiger partial charge is 0.278 e. The van der Waals surface area contributed by atoms with E-state index in [1.807, 2.05) is 0 Å². The molecule has 0 aromatic rings. The molecule has 2 bridgehead atoms. The van der Waals surface area contributed by atoms with Crippen molar-refractivity contribution in [3.8, 4) is 0 Å². The third kappa shape index (κ3) is 0.705. The van der Waals surface area contributed by atoms with E-state index in [-0.39, 0.29) is 23.7 Å². The average Bonchev–Trinajstić information content (AvgIpc) is 2.76. The molecular formula is C9H11NO3. The van der Waals surface area contributed by atoms with Crippen LogP contribution in [0.15, 0.2) is 0 Å². The van der Waals surface area contributed by atoms with Crippen LogP contribution in [0.25, 0.3) is 0 Å². The maximum atomic E-state index is 11.4. The Kier molecular flexibility index (Phi) is 1.22. The SMILES string of the molecule is O=C1C2C3CCC(C3)C2C(=O)N1O. The van der Waals surface area contributed by atoms with E-state index in [4.69, 9.17) is 5.21 Å². The maximum Gasteiger partial charge on any atom is 0.257 e. The molecule has 13 heavy (non-hydrogen) atoms. The van der Waals surface area contributed by atoms with Crippen molar-refractivity contribution >= 4 is 11.8 Å². The van der Waals surface area contributed by atoms with Crippen LogP contribution in [0.1, 0.15) is 19.3 Å². The van der Waals surface area contributed by atoms with Crippen LogP contribution in [0.2, 0.25) is 0 Å². The Balaban J connectivity index is 2.03. The second-order valence-electron chi connectivity index (χ2n) is 4.37. The van der Waals surface area contributed by atoms with Gasteiger partial charge in [-0.05, 0) is 31.1 Å². The molecule has 2 amide bonds. The molecular weight excluding hydrogens is 170 g/mol. The van der Waals surface area contributed by atoms with Crippen LogP contribution in [0.3, 0.4) is 0 Å². The number of fused-ring (bicyclic) bond motifs is 5. The van der Waals surface area contributed by atoms with Gasteiger partial charge in [-0.3, -0.25) is 14.8 Å². The van der Waals surface area contributed by atoms with Crippen molar-refractivity contribution in [2.45, 2.75) is 19.3 Å². The van der Waals surface area contributed by atoms with Gasteiger partial charge >= 0.3 is 0 Å². The van der Waals surface area contributed by atoms with Gasteiger partial charge in [-0.1, -0.05) is 0 Å². The quantitative estimate of drug-likeness (QED) is 0.435. The first-order chi connectivity index (χ1) is 6.20. The number of hydroxylamine groups is 2. The summed E-state index contributed by atoms with van der Waals surface area (Å²) in [7, 11) is 0. The van der Waals surface area contributed by atoms with Crippen molar-refractivity contribution in [3.63, 3.8) is 0 Å². The summed E-state index contributed by atoms with van der Waals surface area (Å²) in [5, 5.41) is 9.52. The highest BCUT2D eigenvalue weighted by molar-refractivity contribution is 6.04. The van der Waals surface area contributed by atoms with Crippen LogP contribution < -0.4 is 0 Å². The number of hydrogen-bond acceptors (Lipinski definition) is 3. The summed E-state index contributed by atoms with van der Waals surface area (Å²) in [6.45, 7) is 0. The first-order valence-corrected chi connectivity index (χ1v) is 4.77. The van der Waals surface area contributed by atoms with Gasteiger partial charge in [0.05, 0.1) is 11.8 Å². The van der Waals surface area contributed by atoms with Crippen molar-refractivity contribution < 1.29 is 14.8 Å². The molecule has 70 valence electrons. The lowest BCUT2D eigenvalue weighted by Gasteiger charge is -2.18. The molecule has 0 spiro atoms. The molecule has 3 aliphatic rings. The Morgan fingerprint density at radius 1 is 1.08 bits per heavy atom. The third-order valence-corrected chi connectivity index (χ3v) is 3.90. The van der Waals surface area contributed by atoms with Gasteiger partial charge in [-0.2, -0.15) is 5.06 Å². The summed E-state index contributed by atoms with van der Waals surface area (Å²) in [6, 6.07) is 0. The molecule has 1 N–H and O–H groups in total. The topological polar surface area (TPSA) is 57.6 Å². The van der Waals surface area contributed by atoms with Crippen LogP contribution >= 0.6 is 0 Å². The van der Waals surface area contributed by atoms with Crippen LogP contribution in [0.4, 0.5) is 0 Å². The van der Waals surface area contributed by atoms with E-state index in [9.17, 15) is 9.59 Å². The monoisotopic (exact) mass is 181 g/mol. The molecule has 1 saturated heterocycles. The number of amides is 2. The van der Waals surface area contributed by atoms with Gasteiger partial charge in [0.15, 0.2) is 0 Å². The lowest BCUT2D eigenvalue weighted by atomic mass is 9.81. The van der Waals surface area contributed by atoms with Crippen molar-refractivity contribution in [1.29, 1.82) is 0 Å². The van der Waals surface area contributed by atoms with Gasteiger partial charge in [-0.25, -0.2) is 0 Å². The highest BCUT2D eigenvalue weighted by atomic mass is 16.5. The fourth-order valence-electron chi connectivity index (χ4n) is 3.39. The molecule has 3 fully saturated rings. The van der Waals surface area contributed by atoms with Crippen molar-refractivity contribution in [3.05, 3.63) is 0 Å². The molecule has 4 heteroatoms. The van der Waals surface area contributed by atoms with Gasteiger partial charge < -0.3 is 0 Å². The number of nitrogens with zero attached hydrogens (tertiary/aromatic N) is 1. The Labute approximate surface area is 75.5 Å². The van der Waals surface area contributed by atoms with Gasteiger partial charge in [0.25, 0.3) is 11.8 Å². The summed E-state index contributed by atoms with van der Waals surface area (Å²) in [5.41, 5.74) is 0. The molecule has 0 aromatic carbocycles. The van der Waals surface area contributed by atoms with Crippen molar-refractivity contribution in [2.24, 2.45) is 23.7 Å². The third-order valence-electron chi connectivity index (χ3n) is 3.90. The van der Waals surface area contributed by atoms with Gasteiger partial charge in [-0.15, -0.1) is 0 Å². The number of carbonyl (C=O) groups excluding carboxylic acids is 2. The van der Waals surface area contributed by atoms with Gasteiger partial charge in [0.1, 0.15) is 0 Å². The molecule has 0 aromatic heterocycles. The zero-order valence-corrected chi connectivity index (χ0v) is 7.14. The average molecular weight is 181 g/mol. The zero-order valence-electron chi connectivity index (χ0n) is 7.14. The fraction of sp³-hybridized carbons (Fsp3) is 0.778. The molecule has 2 saturated carbocycles. The van der Waals surface area contributed by atoms with E-state index in [2.05, 4.69) is 0 Å². The van der Waals surface area contributed by atoms with E-state index >= 15 is 0 Å². The minimum atomic E-state index is -0.359. The highest BCUT2D eigenvalue weighted by Gasteiger charge is 2.60. The molecule has 1 aliphatic heterocycles. The van der Waals surface area contributed by atoms with Crippen LogP contribution in [0, 0.1) is 23.7 Å². The van der Waals surface area contributed by atoms with Crippen molar-refractivity contribution in [1.82, 2.24) is 5.06 Å². The normalized spacial score (nSPS) is 47.6. The maximum absolute atomic E-state index is 11.4. The lowest BCUT2D eigenvalue weighted by Crippen LogP contribution is -2.29. The summed E-state index contributed by atoms with van der Waals surface area (Å²) in [6.07, 6.45) is 3.12. The summed E-state index contributed by atoms with van der Waals surface area (Å²) >= 11 is 0. The zero-order chi connectivity index (χ0) is 9.16. The first-order valence-electron chi connectivity index (χ1n) is 4.77. The number of hydrogen-bond donors (Lipinski definition) is 1. The minimum absolute atomic E-state index is 0.184. The summed E-state index contributed by atoms with van der Waals surface area (Å²) < 4.78 is 0. The van der Waals surface area contributed by atoms with E-state index in [1.54, 1.807) is 0 Å². The highest BCUT2D eigenvalue weighted by Crippen LogP contribution is 2.55. The molecule has 4 unspecified atom stereocenters. The summed E-state index contributed by atoms with van der Waals surface area (Å²) in [5.74, 6) is -0.357. The van der Waals surface area contributed by atoms with Crippen LogP contribution in [0.5, 0.6) is 0 Å². The second-order valence-corrected chi connectivity index (χ2v) is 4.37. The van der Waals surface area contributed by atoms with Crippen LogP contribution in [-0.4, -0.2) is 22.1 Å². The second kappa shape index (κ2) is 2.12. The van der Waals surface area contributed by atoms with Crippen LogP contribution in [-0.2, 0) is 9.59 Å². The van der Waals surface area contributed by atoms with E-state index in [0.717, 1.165) is 19.3 Å². The standard InChI is InChI=1S/C9H11NO3/c11-8-6-4-1-2-5(3-4)7(6)9(12)10(8)13/h4-7,13H,1-3H2. The Morgan fingerprint density at radius 2 is 1.54 bits per heavy atom. The smallest absolute Gasteiger partial charge is 0.257 e. The predicted octanol–water partition coefficient (Wildman–Crippen LogP) is 0.407. The number of rotatable bonds is 0. The Bertz CT molecular complexity index is 273. The fourth-order valence-corrected chi connectivity index (χ4v) is 3.39. The molecule has 3 rings (SSSR count). The predicted molar refractivity (Wildman–Crippen MR) is 41.5 cm³/mol. The van der Waals surface area contributed by atoms with Gasteiger partial charge in [0.2, 0.25) is 0 Å².